The quantitative estimate of drug-likeness (QED) is 0.819. The Labute approximate surface area is 114 Å². The Morgan fingerprint density at radius 2 is 2.26 bits per heavy atom. The zero-order chi connectivity index (χ0) is 13.7. The van der Waals surface area contributed by atoms with Crippen LogP contribution in [0.3, 0.4) is 0 Å². The molecule has 19 heavy (non-hydrogen) atoms. The Balaban J connectivity index is 2.00. The average molecular weight is 260 g/mol. The standard InChI is InChI=1S/C15H20N2O2/c1-3-10-19-14-6-4-12(5-7-14)15(18)17(2)13-8-9-16-11-13/h3-7,13,16H,1,8-11H2,2H3. The number of rotatable bonds is 5. The van der Waals surface area contributed by atoms with Crippen LogP contribution in [-0.2, 0) is 0 Å². The Hall–Kier alpha value is -1.81. The van der Waals surface area contributed by atoms with Crippen molar-refractivity contribution in [2.75, 3.05) is 26.7 Å². The van der Waals surface area contributed by atoms with Crippen molar-refractivity contribution in [1.82, 2.24) is 10.2 Å². The van der Waals surface area contributed by atoms with Crippen LogP contribution < -0.4 is 10.1 Å². The SMILES string of the molecule is C=CCOc1ccc(C(=O)N(C)C2CCNC2)cc1. The van der Waals surface area contributed by atoms with Gasteiger partial charge >= 0.3 is 0 Å². The molecule has 1 atom stereocenters. The lowest BCUT2D eigenvalue weighted by Gasteiger charge is -2.23. The van der Waals surface area contributed by atoms with Gasteiger partial charge in [0, 0.05) is 25.2 Å². The Bertz CT molecular complexity index is 436. The van der Waals surface area contributed by atoms with Crippen LogP contribution >= 0.6 is 0 Å². The molecule has 1 saturated heterocycles. The molecule has 102 valence electrons. The van der Waals surface area contributed by atoms with E-state index in [9.17, 15) is 4.79 Å². The molecule has 1 amide bonds. The summed E-state index contributed by atoms with van der Waals surface area (Å²) in [5.74, 6) is 0.811. The van der Waals surface area contributed by atoms with Crippen molar-refractivity contribution >= 4 is 5.91 Å². The van der Waals surface area contributed by atoms with E-state index in [-0.39, 0.29) is 5.91 Å². The topological polar surface area (TPSA) is 41.6 Å². The van der Waals surface area contributed by atoms with Gasteiger partial charge in [0.2, 0.25) is 0 Å². The zero-order valence-electron chi connectivity index (χ0n) is 11.3. The molecule has 1 unspecified atom stereocenters. The molecule has 1 heterocycles. The first-order valence-corrected chi connectivity index (χ1v) is 6.54. The van der Waals surface area contributed by atoms with Gasteiger partial charge in [-0.05, 0) is 37.2 Å². The maximum absolute atomic E-state index is 12.3. The van der Waals surface area contributed by atoms with Gasteiger partial charge in [-0.1, -0.05) is 12.7 Å². The number of hydrogen-bond donors (Lipinski definition) is 1. The van der Waals surface area contributed by atoms with Crippen molar-refractivity contribution in [1.29, 1.82) is 0 Å². The molecule has 1 aliphatic heterocycles. The number of likely N-dealkylation sites (N-methyl/N-ethyl adjacent to an activating group) is 1. The van der Waals surface area contributed by atoms with Crippen molar-refractivity contribution in [3.8, 4) is 5.75 Å². The lowest BCUT2D eigenvalue weighted by atomic mass is 10.1. The Morgan fingerprint density at radius 1 is 1.53 bits per heavy atom. The average Bonchev–Trinajstić information content (AvgIpc) is 2.98. The van der Waals surface area contributed by atoms with Crippen molar-refractivity contribution < 1.29 is 9.53 Å². The largest absolute Gasteiger partial charge is 0.490 e. The van der Waals surface area contributed by atoms with Crippen molar-refractivity contribution in [2.24, 2.45) is 0 Å². The van der Waals surface area contributed by atoms with Gasteiger partial charge in [-0.25, -0.2) is 0 Å². The summed E-state index contributed by atoms with van der Waals surface area (Å²) in [6.07, 6.45) is 2.71. The number of hydrogen-bond acceptors (Lipinski definition) is 3. The molecule has 1 aromatic rings. The fraction of sp³-hybridized carbons (Fsp3) is 0.400. The van der Waals surface area contributed by atoms with E-state index >= 15 is 0 Å². The van der Waals surface area contributed by atoms with E-state index in [0.29, 0.717) is 18.2 Å². The van der Waals surface area contributed by atoms with Crippen molar-refractivity contribution in [3.05, 3.63) is 42.5 Å². The van der Waals surface area contributed by atoms with Gasteiger partial charge in [-0.3, -0.25) is 4.79 Å². The number of benzene rings is 1. The Morgan fingerprint density at radius 3 is 2.84 bits per heavy atom. The lowest BCUT2D eigenvalue weighted by Crippen LogP contribution is -2.38. The summed E-state index contributed by atoms with van der Waals surface area (Å²) in [4.78, 5) is 14.1. The molecule has 4 heteroatoms. The maximum Gasteiger partial charge on any atom is 0.253 e. The highest BCUT2D eigenvalue weighted by molar-refractivity contribution is 5.94. The molecule has 4 nitrogen and oxygen atoms in total. The molecule has 0 aliphatic carbocycles. The van der Waals surface area contributed by atoms with E-state index < -0.39 is 0 Å². The van der Waals surface area contributed by atoms with Gasteiger partial charge in [0.1, 0.15) is 12.4 Å². The van der Waals surface area contributed by atoms with Crippen molar-refractivity contribution in [2.45, 2.75) is 12.5 Å². The second kappa shape index (κ2) is 6.38. The van der Waals surface area contributed by atoms with Crippen molar-refractivity contribution in [3.63, 3.8) is 0 Å². The summed E-state index contributed by atoms with van der Waals surface area (Å²) < 4.78 is 5.40. The minimum Gasteiger partial charge on any atom is -0.490 e. The highest BCUT2D eigenvalue weighted by Crippen LogP contribution is 2.15. The molecular weight excluding hydrogens is 240 g/mol. The van der Waals surface area contributed by atoms with E-state index in [1.807, 2.05) is 24.1 Å². The van der Waals surface area contributed by atoms with Gasteiger partial charge in [-0.15, -0.1) is 0 Å². The molecule has 1 N–H and O–H groups in total. The fourth-order valence-electron chi connectivity index (χ4n) is 2.19. The molecule has 2 rings (SSSR count). The number of ether oxygens (including phenoxy) is 1. The molecule has 0 radical (unpaired) electrons. The van der Waals surface area contributed by atoms with Crippen LogP contribution in [-0.4, -0.2) is 43.6 Å². The van der Waals surface area contributed by atoms with E-state index in [1.165, 1.54) is 0 Å². The monoisotopic (exact) mass is 260 g/mol. The minimum absolute atomic E-state index is 0.0592. The third kappa shape index (κ3) is 3.35. The van der Waals surface area contributed by atoms with E-state index in [1.54, 1.807) is 18.2 Å². The highest BCUT2D eigenvalue weighted by atomic mass is 16.5. The van der Waals surface area contributed by atoms with Gasteiger partial charge in [0.15, 0.2) is 0 Å². The number of nitrogens with one attached hydrogen (secondary N) is 1. The van der Waals surface area contributed by atoms with Gasteiger partial charge in [0.25, 0.3) is 5.91 Å². The molecule has 0 saturated carbocycles. The summed E-state index contributed by atoms with van der Waals surface area (Å²) in [6, 6.07) is 7.54. The third-order valence-corrected chi connectivity index (χ3v) is 3.37. The molecule has 0 aromatic heterocycles. The van der Waals surface area contributed by atoms with Crippen LogP contribution in [0.4, 0.5) is 0 Å². The molecule has 0 bridgehead atoms. The predicted octanol–water partition coefficient (Wildman–Crippen LogP) is 1.69. The van der Waals surface area contributed by atoms with E-state index in [0.717, 1.165) is 25.3 Å². The summed E-state index contributed by atoms with van der Waals surface area (Å²) in [5.41, 5.74) is 0.695. The smallest absolute Gasteiger partial charge is 0.253 e. The molecule has 1 fully saturated rings. The van der Waals surface area contributed by atoms with Gasteiger partial charge < -0.3 is 15.0 Å². The lowest BCUT2D eigenvalue weighted by molar-refractivity contribution is 0.0744. The third-order valence-electron chi connectivity index (χ3n) is 3.37. The summed E-state index contributed by atoms with van der Waals surface area (Å²) in [5, 5.41) is 3.27. The van der Waals surface area contributed by atoms with E-state index in [4.69, 9.17) is 4.74 Å². The molecular formula is C15H20N2O2. The van der Waals surface area contributed by atoms with Crippen LogP contribution in [0.1, 0.15) is 16.8 Å². The molecule has 0 spiro atoms. The second-order valence-corrected chi connectivity index (χ2v) is 4.69. The number of carbonyl (C=O) groups is 1. The first kappa shape index (κ1) is 13.6. The summed E-state index contributed by atoms with van der Waals surface area (Å²) >= 11 is 0. The van der Waals surface area contributed by atoms with Crippen LogP contribution in [0.25, 0.3) is 0 Å². The van der Waals surface area contributed by atoms with Crippen LogP contribution in [0, 0.1) is 0 Å². The summed E-state index contributed by atoms with van der Waals surface area (Å²) in [6.45, 7) is 5.93. The van der Waals surface area contributed by atoms with Gasteiger partial charge in [-0.2, -0.15) is 0 Å². The molecule has 1 aliphatic rings. The maximum atomic E-state index is 12.3. The van der Waals surface area contributed by atoms with Crippen LogP contribution in [0.15, 0.2) is 36.9 Å². The van der Waals surface area contributed by atoms with Gasteiger partial charge in [0.05, 0.1) is 0 Å². The van der Waals surface area contributed by atoms with Crippen LogP contribution in [0.5, 0.6) is 5.75 Å². The number of carbonyl (C=O) groups excluding carboxylic acids is 1. The normalized spacial score (nSPS) is 18.1. The number of amides is 1. The predicted molar refractivity (Wildman–Crippen MR) is 75.5 cm³/mol. The summed E-state index contributed by atoms with van der Waals surface area (Å²) in [7, 11) is 1.86. The molecule has 1 aromatic carbocycles. The minimum atomic E-state index is 0.0592. The first-order valence-electron chi connectivity index (χ1n) is 6.54. The number of nitrogens with zero attached hydrogens (tertiary/aromatic N) is 1. The second-order valence-electron chi connectivity index (χ2n) is 4.69. The Kier molecular flexibility index (Phi) is 4.58. The zero-order valence-corrected chi connectivity index (χ0v) is 11.3. The van der Waals surface area contributed by atoms with E-state index in [2.05, 4.69) is 11.9 Å². The van der Waals surface area contributed by atoms with Crippen LogP contribution in [0.2, 0.25) is 0 Å². The first-order chi connectivity index (χ1) is 9.22. The fourth-order valence-corrected chi connectivity index (χ4v) is 2.19. The highest BCUT2D eigenvalue weighted by Gasteiger charge is 2.23.